The average Bonchev–Trinajstić information content (AvgIpc) is 3.11. The van der Waals surface area contributed by atoms with Crippen molar-refractivity contribution < 1.29 is 13.2 Å². The van der Waals surface area contributed by atoms with Gasteiger partial charge in [0, 0.05) is 43.1 Å². The van der Waals surface area contributed by atoms with Crippen molar-refractivity contribution in [1.82, 2.24) is 24.0 Å². The minimum Gasteiger partial charge on any atom is -0.336 e. The summed E-state index contributed by atoms with van der Waals surface area (Å²) in [6, 6.07) is 11.5. The third kappa shape index (κ3) is 4.34. The SMILES string of the molecule is Cc1cc(C)n(-c2ccc(C(=O)N3CCN(S(=O)(=O)c4ccc(Cl)cc4)CC3)cn2)n1. The molecule has 0 N–H and O–H groups in total. The monoisotopic (exact) mass is 459 g/mol. The van der Waals surface area contributed by atoms with Crippen LogP contribution in [0, 0.1) is 13.8 Å². The lowest BCUT2D eigenvalue weighted by Gasteiger charge is -2.34. The molecule has 0 bridgehead atoms. The van der Waals surface area contributed by atoms with Crippen molar-refractivity contribution in [2.75, 3.05) is 26.2 Å². The molecule has 2 aromatic heterocycles. The summed E-state index contributed by atoms with van der Waals surface area (Å²) >= 11 is 5.85. The van der Waals surface area contributed by atoms with Crippen molar-refractivity contribution in [2.45, 2.75) is 18.7 Å². The number of aromatic nitrogens is 3. The molecule has 0 saturated carbocycles. The number of halogens is 1. The molecule has 1 aromatic carbocycles. The number of benzene rings is 1. The predicted octanol–water partition coefficient (Wildman–Crippen LogP) is 2.68. The highest BCUT2D eigenvalue weighted by Crippen LogP contribution is 2.20. The molecule has 3 heterocycles. The molecule has 0 radical (unpaired) electrons. The second-order valence-electron chi connectivity index (χ2n) is 7.39. The number of sulfonamides is 1. The number of carbonyl (C=O) groups is 1. The molecule has 0 atom stereocenters. The lowest BCUT2D eigenvalue weighted by molar-refractivity contribution is 0.0697. The minimum absolute atomic E-state index is 0.170. The molecular weight excluding hydrogens is 438 g/mol. The maximum atomic E-state index is 12.9. The largest absolute Gasteiger partial charge is 0.336 e. The highest BCUT2D eigenvalue weighted by molar-refractivity contribution is 7.89. The Hall–Kier alpha value is -2.75. The van der Waals surface area contributed by atoms with Crippen molar-refractivity contribution in [2.24, 2.45) is 0 Å². The van der Waals surface area contributed by atoms with Crippen LogP contribution in [0.5, 0.6) is 0 Å². The first-order chi connectivity index (χ1) is 14.8. The van der Waals surface area contributed by atoms with Crippen LogP contribution in [0.2, 0.25) is 5.02 Å². The zero-order valence-electron chi connectivity index (χ0n) is 17.2. The van der Waals surface area contributed by atoms with E-state index in [1.165, 1.54) is 22.6 Å². The lowest BCUT2D eigenvalue weighted by Crippen LogP contribution is -2.50. The zero-order chi connectivity index (χ0) is 22.2. The maximum absolute atomic E-state index is 12.9. The van der Waals surface area contributed by atoms with E-state index < -0.39 is 10.0 Å². The summed E-state index contributed by atoms with van der Waals surface area (Å²) in [5, 5.41) is 4.87. The molecule has 3 aromatic rings. The molecule has 1 amide bonds. The van der Waals surface area contributed by atoms with E-state index in [-0.39, 0.29) is 23.9 Å². The van der Waals surface area contributed by atoms with Gasteiger partial charge in [-0.05, 0) is 56.3 Å². The van der Waals surface area contributed by atoms with Crippen molar-refractivity contribution in [3.63, 3.8) is 0 Å². The summed E-state index contributed by atoms with van der Waals surface area (Å²) in [4.78, 5) is 19.1. The Labute approximate surface area is 186 Å². The predicted molar refractivity (Wildman–Crippen MR) is 117 cm³/mol. The van der Waals surface area contributed by atoms with Crippen LogP contribution in [0.1, 0.15) is 21.7 Å². The van der Waals surface area contributed by atoms with Gasteiger partial charge in [0.15, 0.2) is 5.82 Å². The number of piperazine rings is 1. The average molecular weight is 460 g/mol. The number of aryl methyl sites for hydroxylation is 2. The molecule has 31 heavy (non-hydrogen) atoms. The van der Waals surface area contributed by atoms with Gasteiger partial charge in [-0.15, -0.1) is 0 Å². The van der Waals surface area contributed by atoms with Gasteiger partial charge in [-0.25, -0.2) is 18.1 Å². The summed E-state index contributed by atoms with van der Waals surface area (Å²) in [5.41, 5.74) is 2.31. The van der Waals surface area contributed by atoms with Gasteiger partial charge in [0.25, 0.3) is 5.91 Å². The van der Waals surface area contributed by atoms with Gasteiger partial charge >= 0.3 is 0 Å². The number of pyridine rings is 1. The van der Waals surface area contributed by atoms with Crippen molar-refractivity contribution in [1.29, 1.82) is 0 Å². The summed E-state index contributed by atoms with van der Waals surface area (Å²) in [7, 11) is -3.62. The number of hydrogen-bond donors (Lipinski definition) is 0. The highest BCUT2D eigenvalue weighted by atomic mass is 35.5. The lowest BCUT2D eigenvalue weighted by atomic mass is 10.2. The summed E-state index contributed by atoms with van der Waals surface area (Å²) in [5.74, 6) is 0.469. The van der Waals surface area contributed by atoms with Crippen molar-refractivity contribution >= 4 is 27.5 Å². The van der Waals surface area contributed by atoms with Gasteiger partial charge in [0.05, 0.1) is 16.2 Å². The van der Waals surface area contributed by atoms with Crippen LogP contribution < -0.4 is 0 Å². The van der Waals surface area contributed by atoms with E-state index in [9.17, 15) is 13.2 Å². The fourth-order valence-electron chi connectivity index (χ4n) is 3.57. The Kier molecular flexibility index (Phi) is 5.83. The topological polar surface area (TPSA) is 88.4 Å². The highest BCUT2D eigenvalue weighted by Gasteiger charge is 2.30. The van der Waals surface area contributed by atoms with Crippen LogP contribution in [-0.4, -0.2) is 64.5 Å². The number of hydrogen-bond acceptors (Lipinski definition) is 5. The third-order valence-corrected chi connectivity index (χ3v) is 7.36. The molecule has 1 fully saturated rings. The Morgan fingerprint density at radius 1 is 1.00 bits per heavy atom. The standard InChI is InChI=1S/C21H22ClN5O3S/c1-15-13-16(2)27(24-15)20-8-3-17(14-23-20)21(28)25-9-11-26(12-10-25)31(29,30)19-6-4-18(22)5-7-19/h3-8,13-14H,9-12H2,1-2H3. The van der Waals surface area contributed by atoms with E-state index in [4.69, 9.17) is 11.6 Å². The fourth-order valence-corrected chi connectivity index (χ4v) is 5.12. The maximum Gasteiger partial charge on any atom is 0.255 e. The van der Waals surface area contributed by atoms with Crippen molar-refractivity contribution in [3.05, 3.63) is 70.6 Å². The van der Waals surface area contributed by atoms with Crippen LogP contribution in [0.4, 0.5) is 0 Å². The van der Waals surface area contributed by atoms with Crippen LogP contribution in [-0.2, 0) is 10.0 Å². The number of nitrogens with zero attached hydrogens (tertiary/aromatic N) is 5. The first-order valence-corrected chi connectivity index (χ1v) is 11.6. The minimum atomic E-state index is -3.62. The molecule has 10 heteroatoms. The smallest absolute Gasteiger partial charge is 0.255 e. The Bertz CT molecular complexity index is 1200. The van der Waals surface area contributed by atoms with Crippen molar-refractivity contribution in [3.8, 4) is 5.82 Å². The fraction of sp³-hybridized carbons (Fsp3) is 0.286. The Morgan fingerprint density at radius 2 is 1.68 bits per heavy atom. The zero-order valence-corrected chi connectivity index (χ0v) is 18.8. The van der Waals surface area contributed by atoms with Crippen LogP contribution in [0.3, 0.4) is 0 Å². The molecule has 1 aliphatic rings. The van der Waals surface area contributed by atoms with E-state index in [1.54, 1.807) is 33.8 Å². The first-order valence-electron chi connectivity index (χ1n) is 9.80. The van der Waals surface area contributed by atoms with Crippen LogP contribution in [0.25, 0.3) is 5.82 Å². The van der Waals surface area contributed by atoms with Crippen LogP contribution >= 0.6 is 11.6 Å². The van der Waals surface area contributed by atoms with Gasteiger partial charge in [-0.3, -0.25) is 4.79 Å². The molecule has 0 spiro atoms. The second kappa shape index (κ2) is 8.41. The van der Waals surface area contributed by atoms with Crippen LogP contribution in [0.15, 0.2) is 53.6 Å². The van der Waals surface area contributed by atoms with E-state index in [0.29, 0.717) is 29.5 Å². The molecule has 1 saturated heterocycles. The van der Waals surface area contributed by atoms with Gasteiger partial charge in [-0.1, -0.05) is 11.6 Å². The van der Waals surface area contributed by atoms with Gasteiger partial charge < -0.3 is 4.90 Å². The van der Waals surface area contributed by atoms with Gasteiger partial charge in [0.2, 0.25) is 10.0 Å². The van der Waals surface area contributed by atoms with Gasteiger partial charge in [0.1, 0.15) is 0 Å². The first kappa shape index (κ1) is 21.5. The third-order valence-electron chi connectivity index (χ3n) is 5.20. The number of carbonyl (C=O) groups excluding carboxylic acids is 1. The van der Waals surface area contributed by atoms with E-state index >= 15 is 0 Å². The normalized spacial score (nSPS) is 15.3. The second-order valence-corrected chi connectivity index (χ2v) is 9.77. The number of rotatable bonds is 4. The molecule has 0 aliphatic carbocycles. The molecule has 1 aliphatic heterocycles. The van der Waals surface area contributed by atoms with Gasteiger partial charge in [-0.2, -0.15) is 9.40 Å². The summed E-state index contributed by atoms with van der Waals surface area (Å²) in [6.07, 6.45) is 1.53. The number of amides is 1. The quantitative estimate of drug-likeness (QED) is 0.598. The Morgan fingerprint density at radius 3 is 2.23 bits per heavy atom. The van der Waals surface area contributed by atoms with E-state index in [0.717, 1.165) is 11.4 Å². The van der Waals surface area contributed by atoms with E-state index in [1.807, 2.05) is 19.9 Å². The summed E-state index contributed by atoms with van der Waals surface area (Å²) < 4.78 is 28.7. The van der Waals surface area contributed by atoms with E-state index in [2.05, 4.69) is 10.1 Å². The molecular formula is C21H22ClN5O3S. The molecule has 162 valence electrons. The molecule has 0 unspecified atom stereocenters. The Balaban J connectivity index is 1.42. The molecule has 4 rings (SSSR count). The summed E-state index contributed by atoms with van der Waals surface area (Å²) in [6.45, 7) is 4.93. The molecule has 8 nitrogen and oxygen atoms in total.